The van der Waals surface area contributed by atoms with Crippen molar-refractivity contribution in [2.45, 2.75) is 25.7 Å². The van der Waals surface area contributed by atoms with E-state index < -0.39 is 5.69 Å². The summed E-state index contributed by atoms with van der Waals surface area (Å²) in [6, 6.07) is 9.30. The van der Waals surface area contributed by atoms with Crippen molar-refractivity contribution in [2.75, 3.05) is 31.5 Å². The number of aromatic amines is 2. The van der Waals surface area contributed by atoms with E-state index in [4.69, 9.17) is 21.6 Å². The molecule has 1 aliphatic heterocycles. The molecule has 10 nitrogen and oxygen atoms in total. The molecule has 0 spiro atoms. The van der Waals surface area contributed by atoms with E-state index in [1.807, 2.05) is 30.3 Å². The summed E-state index contributed by atoms with van der Waals surface area (Å²) in [7, 11) is 0. The summed E-state index contributed by atoms with van der Waals surface area (Å²) in [5, 5.41) is 19.1. The van der Waals surface area contributed by atoms with Crippen LogP contribution in [-0.2, 0) is 0 Å². The second-order valence-corrected chi connectivity index (χ2v) is 10.2. The first-order chi connectivity index (χ1) is 17.5. The Bertz CT molecular complexity index is 1590. The van der Waals surface area contributed by atoms with Gasteiger partial charge in [0.2, 0.25) is 5.88 Å². The molecule has 0 amide bonds. The molecule has 1 aromatic carbocycles. The van der Waals surface area contributed by atoms with E-state index in [1.54, 1.807) is 16.8 Å². The number of H-pyrrole nitrogens is 2. The van der Waals surface area contributed by atoms with Crippen LogP contribution < -0.4 is 21.7 Å². The topological polar surface area (TPSA) is 127 Å². The zero-order valence-corrected chi connectivity index (χ0v) is 20.4. The number of rotatable bonds is 7. The van der Waals surface area contributed by atoms with Gasteiger partial charge in [-0.2, -0.15) is 9.61 Å². The Kier molecular flexibility index (Phi) is 5.77. The fraction of sp³-hybridized carbons (Fsp3) is 0.360. The maximum Gasteiger partial charge on any atom is 0.326 e. The van der Waals surface area contributed by atoms with Gasteiger partial charge in [-0.15, -0.1) is 0 Å². The Hall–Kier alpha value is -3.63. The predicted octanol–water partition coefficient (Wildman–Crippen LogP) is 2.17. The van der Waals surface area contributed by atoms with E-state index in [2.05, 4.69) is 25.3 Å². The molecular formula is C25H27ClN8O2. The van der Waals surface area contributed by atoms with Crippen molar-refractivity contribution in [3.63, 3.8) is 0 Å². The number of fused-ring (bicyclic) bond motifs is 1. The average molecular weight is 507 g/mol. The first-order valence-corrected chi connectivity index (χ1v) is 12.5. The molecule has 0 atom stereocenters. The highest BCUT2D eigenvalue weighted by Gasteiger charge is 2.43. The summed E-state index contributed by atoms with van der Waals surface area (Å²) in [5.41, 5.74) is 2.03. The Balaban J connectivity index is 1.42. The molecule has 3 aromatic heterocycles. The Morgan fingerprint density at radius 1 is 1.22 bits per heavy atom. The zero-order valence-electron chi connectivity index (χ0n) is 19.7. The number of nitrogens with one attached hydrogen (secondary N) is 3. The first kappa shape index (κ1) is 22.8. The van der Waals surface area contributed by atoms with Gasteiger partial charge in [0.1, 0.15) is 11.5 Å². The number of imidazole rings is 1. The van der Waals surface area contributed by atoms with E-state index in [0.717, 1.165) is 18.8 Å². The minimum Gasteiger partial charge on any atom is -0.493 e. The third-order valence-corrected chi connectivity index (χ3v) is 7.14. The van der Waals surface area contributed by atoms with Gasteiger partial charge >= 0.3 is 5.69 Å². The predicted molar refractivity (Wildman–Crippen MR) is 137 cm³/mol. The van der Waals surface area contributed by atoms with Crippen LogP contribution in [0.15, 0.2) is 46.3 Å². The van der Waals surface area contributed by atoms with Gasteiger partial charge in [0, 0.05) is 40.5 Å². The van der Waals surface area contributed by atoms with Crippen LogP contribution in [0.2, 0.25) is 5.02 Å². The minimum atomic E-state index is -0.491. The van der Waals surface area contributed by atoms with Gasteiger partial charge in [0.15, 0.2) is 11.1 Å². The molecule has 6 rings (SSSR count). The number of benzene rings is 1. The fourth-order valence-electron chi connectivity index (χ4n) is 4.81. The van der Waals surface area contributed by atoms with Crippen molar-refractivity contribution < 1.29 is 5.11 Å². The first-order valence-electron chi connectivity index (χ1n) is 12.1. The normalized spacial score (nSPS) is 18.4. The van der Waals surface area contributed by atoms with Crippen LogP contribution in [-0.4, -0.2) is 60.8 Å². The minimum absolute atomic E-state index is 0.235. The van der Waals surface area contributed by atoms with Crippen LogP contribution in [0, 0.1) is 5.41 Å². The van der Waals surface area contributed by atoms with E-state index in [1.165, 1.54) is 38.8 Å². The molecule has 0 unspecified atom stereocenters. The van der Waals surface area contributed by atoms with E-state index in [9.17, 15) is 9.90 Å². The quantitative estimate of drug-likeness (QED) is 0.304. The number of hydrogen-bond acceptors (Lipinski definition) is 7. The molecule has 0 bridgehead atoms. The molecule has 11 heteroatoms. The van der Waals surface area contributed by atoms with Crippen LogP contribution >= 0.6 is 11.6 Å². The summed E-state index contributed by atoms with van der Waals surface area (Å²) in [6.07, 6.45) is 8.22. The largest absolute Gasteiger partial charge is 0.493 e. The van der Waals surface area contributed by atoms with Crippen molar-refractivity contribution in [3.05, 3.63) is 68.4 Å². The number of aromatic nitrogens is 5. The van der Waals surface area contributed by atoms with Crippen molar-refractivity contribution in [1.29, 1.82) is 0 Å². The van der Waals surface area contributed by atoms with E-state index in [0.29, 0.717) is 27.2 Å². The lowest BCUT2D eigenvalue weighted by molar-refractivity contribution is 0.267. The summed E-state index contributed by atoms with van der Waals surface area (Å²) in [6.45, 7) is 4.18. The van der Waals surface area contributed by atoms with Gasteiger partial charge in [0.25, 0.3) is 0 Å². The number of nitrogens with zero attached hydrogens (tertiary/aromatic N) is 5. The highest BCUT2D eigenvalue weighted by atomic mass is 35.5. The average Bonchev–Trinajstić information content (AvgIpc) is 3.12. The van der Waals surface area contributed by atoms with Crippen LogP contribution in [0.1, 0.15) is 31.4 Å². The molecule has 1 aliphatic carbocycles. The standard InChI is InChI=1S/C25H27ClN8O2/c26-17-4-3-5-18(11-17)29-20-12-21(27-14-25(6-7-25)15-33-8-1-2-9-33)34-22(31-20)16(13-28-34)10-19-23(35)32-24(36)30-19/h3-5,10-13,29,35H,1-2,6-9,14-15H2,(H2,30,32,36)/b16-10+,27-21?. The molecular weight excluding hydrogens is 480 g/mol. The molecule has 2 fully saturated rings. The Morgan fingerprint density at radius 3 is 2.78 bits per heavy atom. The monoisotopic (exact) mass is 506 g/mol. The molecule has 4 aromatic rings. The second kappa shape index (κ2) is 9.11. The van der Waals surface area contributed by atoms with Crippen LogP contribution in [0.3, 0.4) is 0 Å². The van der Waals surface area contributed by atoms with Gasteiger partial charge in [-0.05, 0) is 63.0 Å². The van der Waals surface area contributed by atoms with Crippen LogP contribution in [0.5, 0.6) is 5.88 Å². The second-order valence-electron chi connectivity index (χ2n) is 9.76. The molecule has 4 N–H and O–H groups in total. The molecule has 4 heterocycles. The van der Waals surface area contributed by atoms with E-state index >= 15 is 0 Å². The van der Waals surface area contributed by atoms with Crippen LogP contribution in [0.4, 0.5) is 11.5 Å². The van der Waals surface area contributed by atoms with Crippen molar-refractivity contribution in [3.8, 4) is 5.88 Å². The van der Waals surface area contributed by atoms with Gasteiger partial charge in [-0.1, -0.05) is 17.7 Å². The van der Waals surface area contributed by atoms with Crippen molar-refractivity contribution >= 4 is 34.8 Å². The Morgan fingerprint density at radius 2 is 2.06 bits per heavy atom. The highest BCUT2D eigenvalue weighted by molar-refractivity contribution is 6.30. The maximum absolute atomic E-state index is 11.6. The molecule has 36 heavy (non-hydrogen) atoms. The third-order valence-electron chi connectivity index (χ3n) is 6.90. The molecule has 1 saturated heterocycles. The number of halogens is 1. The van der Waals surface area contributed by atoms with Gasteiger partial charge < -0.3 is 20.3 Å². The lowest BCUT2D eigenvalue weighted by atomic mass is 10.1. The fourth-order valence-corrected chi connectivity index (χ4v) is 5.00. The third kappa shape index (κ3) is 4.74. The van der Waals surface area contributed by atoms with Crippen molar-refractivity contribution in [2.24, 2.45) is 10.4 Å². The maximum atomic E-state index is 11.6. The Labute approximate surface area is 211 Å². The molecule has 2 aliphatic rings. The SMILES string of the molecule is O=c1[nH]c(O)c(/C=c2\cnn3c(=NCC4(CN5CCCC5)CC4)cc(Nc4cccc(Cl)c4)nc23)[nH]1. The lowest BCUT2D eigenvalue weighted by Crippen LogP contribution is -2.30. The van der Waals surface area contributed by atoms with Gasteiger partial charge in [0.05, 0.1) is 6.20 Å². The molecule has 0 radical (unpaired) electrons. The lowest BCUT2D eigenvalue weighted by Gasteiger charge is -2.21. The summed E-state index contributed by atoms with van der Waals surface area (Å²) in [4.78, 5) is 28.8. The number of anilines is 2. The van der Waals surface area contributed by atoms with Gasteiger partial charge in [-0.25, -0.2) is 9.78 Å². The van der Waals surface area contributed by atoms with E-state index in [-0.39, 0.29) is 17.0 Å². The van der Waals surface area contributed by atoms with Gasteiger partial charge in [-0.3, -0.25) is 9.98 Å². The number of aromatic hydroxyl groups is 1. The number of likely N-dealkylation sites (tertiary alicyclic amines) is 1. The molecule has 186 valence electrons. The zero-order chi connectivity index (χ0) is 24.7. The van der Waals surface area contributed by atoms with Crippen LogP contribution in [0.25, 0.3) is 11.7 Å². The summed E-state index contributed by atoms with van der Waals surface area (Å²) >= 11 is 6.17. The number of hydrogen-bond donors (Lipinski definition) is 4. The summed E-state index contributed by atoms with van der Waals surface area (Å²) in [5.74, 6) is 0.352. The smallest absolute Gasteiger partial charge is 0.326 e. The molecule has 1 saturated carbocycles. The summed E-state index contributed by atoms with van der Waals surface area (Å²) < 4.78 is 1.70. The highest BCUT2D eigenvalue weighted by Crippen LogP contribution is 2.46. The van der Waals surface area contributed by atoms with Crippen molar-refractivity contribution in [1.82, 2.24) is 29.5 Å².